The molecule has 2 rings (SSSR count). The highest BCUT2D eigenvalue weighted by atomic mass is 35.5. The van der Waals surface area contributed by atoms with Crippen LogP contribution in [-0.4, -0.2) is 44.3 Å². The smallest absolute Gasteiger partial charge is 0.310 e. The lowest BCUT2D eigenvalue weighted by atomic mass is 10.1. The molecule has 0 bridgehead atoms. The van der Waals surface area contributed by atoms with Crippen molar-refractivity contribution in [3.05, 3.63) is 22.7 Å². The highest BCUT2D eigenvalue weighted by molar-refractivity contribution is 6.32. The first-order chi connectivity index (χ1) is 9.93. The van der Waals surface area contributed by atoms with Crippen LogP contribution >= 0.6 is 11.6 Å². The maximum atomic E-state index is 12.4. The largest absolute Gasteiger partial charge is 0.469 e. The van der Waals surface area contributed by atoms with Gasteiger partial charge in [-0.3, -0.25) is 9.59 Å². The van der Waals surface area contributed by atoms with Gasteiger partial charge in [0.05, 0.1) is 18.1 Å². The van der Waals surface area contributed by atoms with Crippen molar-refractivity contribution in [2.45, 2.75) is 6.92 Å². The average Bonchev–Trinajstić information content (AvgIpc) is 2.94. The summed E-state index contributed by atoms with van der Waals surface area (Å²) in [6.07, 6.45) is 0. The molecule has 1 aromatic carbocycles. The molecule has 1 unspecified atom stereocenters. The molecular formula is C14H16ClNO5. The van der Waals surface area contributed by atoms with Crippen LogP contribution in [0.1, 0.15) is 17.3 Å². The number of ether oxygens (including phenoxy) is 3. The van der Waals surface area contributed by atoms with Crippen molar-refractivity contribution >= 4 is 23.5 Å². The molecule has 7 heteroatoms. The van der Waals surface area contributed by atoms with E-state index in [9.17, 15) is 9.59 Å². The zero-order chi connectivity index (χ0) is 15.6. The first-order valence-corrected chi connectivity index (χ1v) is 6.74. The number of fused-ring (bicyclic) bond motifs is 1. The van der Waals surface area contributed by atoms with Crippen molar-refractivity contribution in [1.29, 1.82) is 0 Å². The molecule has 0 radical (unpaired) electrons. The van der Waals surface area contributed by atoms with E-state index in [1.54, 1.807) is 20.0 Å². The van der Waals surface area contributed by atoms with Crippen molar-refractivity contribution in [3.8, 4) is 11.5 Å². The Morgan fingerprint density at radius 3 is 2.81 bits per heavy atom. The number of rotatable bonds is 4. The molecule has 6 nitrogen and oxygen atoms in total. The van der Waals surface area contributed by atoms with Crippen molar-refractivity contribution in [2.75, 3.05) is 27.5 Å². The van der Waals surface area contributed by atoms with E-state index in [1.165, 1.54) is 18.1 Å². The van der Waals surface area contributed by atoms with Gasteiger partial charge in [-0.05, 0) is 12.1 Å². The van der Waals surface area contributed by atoms with Gasteiger partial charge in [-0.1, -0.05) is 18.5 Å². The maximum absolute atomic E-state index is 12.4. The van der Waals surface area contributed by atoms with Crippen LogP contribution in [0.15, 0.2) is 12.1 Å². The normalized spacial score (nSPS) is 13.7. The molecule has 114 valence electrons. The van der Waals surface area contributed by atoms with Gasteiger partial charge in [0.2, 0.25) is 6.79 Å². The molecule has 0 aliphatic carbocycles. The van der Waals surface area contributed by atoms with Gasteiger partial charge in [0, 0.05) is 19.2 Å². The van der Waals surface area contributed by atoms with Gasteiger partial charge >= 0.3 is 5.97 Å². The molecule has 0 fully saturated rings. The Bertz CT molecular complexity index is 575. The molecule has 1 amide bonds. The Balaban J connectivity index is 2.13. The van der Waals surface area contributed by atoms with Crippen LogP contribution in [0.3, 0.4) is 0 Å². The Labute approximate surface area is 127 Å². The summed E-state index contributed by atoms with van der Waals surface area (Å²) in [6, 6.07) is 3.10. The SMILES string of the molecule is COC(=O)C(C)CN(C)C(=O)c1cc(Cl)c2c(c1)OCO2. The molecule has 0 saturated carbocycles. The lowest BCUT2D eigenvalue weighted by Crippen LogP contribution is -2.34. The summed E-state index contributed by atoms with van der Waals surface area (Å²) in [7, 11) is 2.93. The Hall–Kier alpha value is -1.95. The van der Waals surface area contributed by atoms with E-state index in [2.05, 4.69) is 4.74 Å². The summed E-state index contributed by atoms with van der Waals surface area (Å²) < 4.78 is 15.1. The van der Waals surface area contributed by atoms with E-state index in [1.807, 2.05) is 0 Å². The van der Waals surface area contributed by atoms with E-state index in [4.69, 9.17) is 21.1 Å². The molecule has 1 heterocycles. The Kier molecular flexibility index (Phi) is 4.57. The third-order valence-corrected chi connectivity index (χ3v) is 3.45. The number of methoxy groups -OCH3 is 1. The fourth-order valence-electron chi connectivity index (χ4n) is 2.08. The monoisotopic (exact) mass is 313 g/mol. The lowest BCUT2D eigenvalue weighted by molar-refractivity contribution is -0.145. The molecule has 0 saturated heterocycles. The molecule has 0 spiro atoms. The fraction of sp³-hybridized carbons (Fsp3) is 0.429. The molecule has 0 aromatic heterocycles. The molecule has 0 N–H and O–H groups in total. The van der Waals surface area contributed by atoms with Gasteiger partial charge in [-0.2, -0.15) is 0 Å². The van der Waals surface area contributed by atoms with Crippen LogP contribution in [0.25, 0.3) is 0 Å². The third-order valence-electron chi connectivity index (χ3n) is 3.17. The lowest BCUT2D eigenvalue weighted by Gasteiger charge is -2.20. The standard InChI is InChI=1S/C14H16ClNO5/c1-8(14(18)19-3)6-16(2)13(17)9-4-10(15)12-11(5-9)20-7-21-12/h4-5,8H,6-7H2,1-3H3. The zero-order valence-electron chi connectivity index (χ0n) is 12.0. The van der Waals surface area contributed by atoms with Crippen LogP contribution in [0.2, 0.25) is 5.02 Å². The highest BCUT2D eigenvalue weighted by Gasteiger charge is 2.24. The number of carbonyl (C=O) groups is 2. The second-order valence-electron chi connectivity index (χ2n) is 4.80. The number of benzene rings is 1. The van der Waals surface area contributed by atoms with E-state index in [0.29, 0.717) is 22.1 Å². The second-order valence-corrected chi connectivity index (χ2v) is 5.21. The molecule has 1 atom stereocenters. The number of carbonyl (C=O) groups excluding carboxylic acids is 2. The minimum Gasteiger partial charge on any atom is -0.469 e. The Morgan fingerprint density at radius 1 is 1.43 bits per heavy atom. The highest BCUT2D eigenvalue weighted by Crippen LogP contribution is 2.39. The zero-order valence-corrected chi connectivity index (χ0v) is 12.8. The number of hydrogen-bond acceptors (Lipinski definition) is 5. The van der Waals surface area contributed by atoms with Gasteiger partial charge < -0.3 is 19.1 Å². The minimum absolute atomic E-state index is 0.0852. The quantitative estimate of drug-likeness (QED) is 0.795. The number of amides is 1. The summed E-state index contributed by atoms with van der Waals surface area (Å²) in [5.41, 5.74) is 0.379. The van der Waals surface area contributed by atoms with Crippen molar-refractivity contribution < 1.29 is 23.8 Å². The second kappa shape index (κ2) is 6.22. The maximum Gasteiger partial charge on any atom is 0.310 e. The van der Waals surface area contributed by atoms with Gasteiger partial charge in [-0.25, -0.2) is 0 Å². The number of hydrogen-bond donors (Lipinski definition) is 0. The van der Waals surface area contributed by atoms with Crippen LogP contribution in [0.5, 0.6) is 11.5 Å². The van der Waals surface area contributed by atoms with Gasteiger partial charge in [-0.15, -0.1) is 0 Å². The number of halogens is 1. The van der Waals surface area contributed by atoms with Crippen LogP contribution in [-0.2, 0) is 9.53 Å². The fourth-order valence-corrected chi connectivity index (χ4v) is 2.35. The minimum atomic E-state index is -0.409. The predicted octanol–water partition coefficient (Wildman–Crippen LogP) is 1.95. The Morgan fingerprint density at radius 2 is 2.14 bits per heavy atom. The van der Waals surface area contributed by atoms with Crippen LogP contribution in [0, 0.1) is 5.92 Å². The molecule has 1 aliphatic rings. The molecular weight excluding hydrogens is 298 g/mol. The molecule has 21 heavy (non-hydrogen) atoms. The number of esters is 1. The summed E-state index contributed by atoms with van der Waals surface area (Å²) >= 11 is 6.05. The van der Waals surface area contributed by atoms with E-state index < -0.39 is 5.92 Å². The first-order valence-electron chi connectivity index (χ1n) is 6.36. The van der Waals surface area contributed by atoms with Crippen molar-refractivity contribution in [3.63, 3.8) is 0 Å². The van der Waals surface area contributed by atoms with E-state index >= 15 is 0 Å². The third kappa shape index (κ3) is 3.21. The summed E-state index contributed by atoms with van der Waals surface area (Å²) in [4.78, 5) is 25.2. The first kappa shape index (κ1) is 15.4. The summed E-state index contributed by atoms with van der Waals surface area (Å²) in [5, 5.41) is 0.322. The van der Waals surface area contributed by atoms with Crippen LogP contribution in [0.4, 0.5) is 0 Å². The summed E-state index contributed by atoms with van der Waals surface area (Å²) in [5.74, 6) is -0.142. The van der Waals surface area contributed by atoms with E-state index in [-0.39, 0.29) is 25.2 Å². The summed E-state index contributed by atoms with van der Waals surface area (Å²) in [6.45, 7) is 2.03. The van der Waals surface area contributed by atoms with Gasteiger partial charge in [0.15, 0.2) is 11.5 Å². The van der Waals surface area contributed by atoms with Gasteiger partial charge in [0.25, 0.3) is 5.91 Å². The van der Waals surface area contributed by atoms with Crippen LogP contribution < -0.4 is 9.47 Å². The van der Waals surface area contributed by atoms with Crippen molar-refractivity contribution in [2.24, 2.45) is 5.92 Å². The van der Waals surface area contributed by atoms with E-state index in [0.717, 1.165) is 0 Å². The molecule has 1 aliphatic heterocycles. The molecule has 1 aromatic rings. The van der Waals surface area contributed by atoms with Crippen molar-refractivity contribution in [1.82, 2.24) is 4.90 Å². The predicted molar refractivity (Wildman–Crippen MR) is 75.7 cm³/mol. The van der Waals surface area contributed by atoms with Gasteiger partial charge in [0.1, 0.15) is 0 Å². The number of nitrogens with zero attached hydrogens (tertiary/aromatic N) is 1. The topological polar surface area (TPSA) is 65.1 Å². The average molecular weight is 314 g/mol.